The Balaban J connectivity index is 1.78. The van der Waals surface area contributed by atoms with Crippen LogP contribution in [0.25, 0.3) is 5.78 Å². The van der Waals surface area contributed by atoms with Gasteiger partial charge in [0.05, 0.1) is 4.92 Å². The molecule has 4 rings (SSSR count). The fraction of sp³-hybridized carbons (Fsp3) is 0.353. The Morgan fingerprint density at radius 2 is 2.08 bits per heavy atom. The maximum atomic E-state index is 11.0. The second-order valence-corrected chi connectivity index (χ2v) is 7.04. The number of anilines is 1. The molecule has 0 spiro atoms. The van der Waals surface area contributed by atoms with Crippen LogP contribution in [0.5, 0.6) is 0 Å². The summed E-state index contributed by atoms with van der Waals surface area (Å²) >= 11 is 5.46. The minimum Gasteiger partial charge on any atom is -0.349 e. The highest BCUT2D eigenvalue weighted by Gasteiger charge is 2.28. The molecule has 0 unspecified atom stereocenters. The van der Waals surface area contributed by atoms with Gasteiger partial charge in [-0.1, -0.05) is 0 Å². The van der Waals surface area contributed by atoms with Crippen LogP contribution in [0.2, 0.25) is 0 Å². The molecule has 3 aromatic rings. The summed E-state index contributed by atoms with van der Waals surface area (Å²) in [6, 6.07) is 7.23. The molecule has 134 valence electrons. The van der Waals surface area contributed by atoms with E-state index in [0.717, 1.165) is 29.1 Å². The summed E-state index contributed by atoms with van der Waals surface area (Å²) in [7, 11) is 0. The van der Waals surface area contributed by atoms with Crippen LogP contribution >= 0.6 is 12.2 Å². The first-order valence-corrected chi connectivity index (χ1v) is 8.74. The standard InChI is InChI=1S/C17H18N6O2S/c1-10-6-12(3)22-16(18-10)19-17(26)21(22)9-20-11(2)7-13-8-14(23(24)25)4-5-15(13)20/h4-6,8,11H,7,9H2,1-3H3/t11-/m0/s1. The van der Waals surface area contributed by atoms with Crippen molar-refractivity contribution in [1.82, 2.24) is 19.2 Å². The summed E-state index contributed by atoms with van der Waals surface area (Å²) in [4.78, 5) is 21.7. The van der Waals surface area contributed by atoms with Gasteiger partial charge in [-0.3, -0.25) is 10.1 Å². The van der Waals surface area contributed by atoms with Gasteiger partial charge in [-0.2, -0.15) is 4.98 Å². The van der Waals surface area contributed by atoms with Crippen LogP contribution in [0.1, 0.15) is 23.9 Å². The van der Waals surface area contributed by atoms with Crippen LogP contribution in [-0.4, -0.2) is 30.1 Å². The predicted molar refractivity (Wildman–Crippen MR) is 100 cm³/mol. The summed E-state index contributed by atoms with van der Waals surface area (Å²) in [6.45, 7) is 6.55. The Kier molecular flexibility index (Phi) is 3.76. The number of nitrogens with zero attached hydrogens (tertiary/aromatic N) is 6. The monoisotopic (exact) mass is 370 g/mol. The van der Waals surface area contributed by atoms with Crippen LogP contribution in [0.3, 0.4) is 0 Å². The van der Waals surface area contributed by atoms with E-state index in [-0.39, 0.29) is 16.7 Å². The molecular formula is C17H18N6O2S. The lowest BCUT2D eigenvalue weighted by molar-refractivity contribution is -0.384. The molecule has 0 saturated heterocycles. The number of fused-ring (bicyclic) bond motifs is 2. The summed E-state index contributed by atoms with van der Waals surface area (Å²) < 4.78 is 4.30. The van der Waals surface area contributed by atoms with Gasteiger partial charge in [0.15, 0.2) is 0 Å². The number of hydrogen-bond acceptors (Lipinski definition) is 6. The van der Waals surface area contributed by atoms with Gasteiger partial charge in [-0.25, -0.2) is 14.2 Å². The fourth-order valence-electron chi connectivity index (χ4n) is 3.64. The Morgan fingerprint density at radius 1 is 1.31 bits per heavy atom. The molecule has 3 heterocycles. The first kappa shape index (κ1) is 16.6. The summed E-state index contributed by atoms with van der Waals surface area (Å²) in [5, 5.41) is 11.0. The maximum absolute atomic E-state index is 11.0. The van der Waals surface area contributed by atoms with Crippen molar-refractivity contribution in [2.24, 2.45) is 0 Å². The Labute approximate surface area is 154 Å². The second-order valence-electron chi connectivity index (χ2n) is 6.68. The molecule has 1 atom stereocenters. The first-order valence-electron chi connectivity index (χ1n) is 8.33. The summed E-state index contributed by atoms with van der Waals surface area (Å²) in [5.74, 6) is 0.586. The van der Waals surface area contributed by atoms with Crippen molar-refractivity contribution in [1.29, 1.82) is 0 Å². The quantitative estimate of drug-likeness (QED) is 0.400. The highest BCUT2D eigenvalue weighted by atomic mass is 32.1. The molecule has 0 amide bonds. The van der Waals surface area contributed by atoms with E-state index in [0.29, 0.717) is 17.2 Å². The predicted octanol–water partition coefficient (Wildman–Crippen LogP) is 3.19. The molecule has 0 fully saturated rings. The van der Waals surface area contributed by atoms with E-state index in [1.54, 1.807) is 12.1 Å². The van der Waals surface area contributed by atoms with Gasteiger partial charge >= 0.3 is 0 Å². The van der Waals surface area contributed by atoms with Gasteiger partial charge in [0, 0.05) is 35.2 Å². The number of hydrogen-bond donors (Lipinski definition) is 0. The number of benzene rings is 1. The van der Waals surface area contributed by atoms with Crippen molar-refractivity contribution in [2.45, 2.75) is 39.9 Å². The molecule has 0 aliphatic carbocycles. The highest BCUT2D eigenvalue weighted by molar-refractivity contribution is 7.71. The van der Waals surface area contributed by atoms with Crippen LogP contribution in [-0.2, 0) is 13.1 Å². The normalized spacial score (nSPS) is 16.3. The lowest BCUT2D eigenvalue weighted by Gasteiger charge is -2.25. The maximum Gasteiger partial charge on any atom is 0.269 e. The third-order valence-corrected chi connectivity index (χ3v) is 5.09. The Morgan fingerprint density at radius 3 is 2.81 bits per heavy atom. The Hall–Kier alpha value is -2.81. The van der Waals surface area contributed by atoms with Crippen LogP contribution in [0.4, 0.5) is 11.4 Å². The zero-order chi connectivity index (χ0) is 18.6. The van der Waals surface area contributed by atoms with Gasteiger partial charge in [0.2, 0.25) is 4.77 Å². The number of rotatable bonds is 3. The molecule has 9 heteroatoms. The smallest absolute Gasteiger partial charge is 0.269 e. The lowest BCUT2D eigenvalue weighted by Crippen LogP contribution is -2.33. The average molecular weight is 370 g/mol. The zero-order valence-corrected chi connectivity index (χ0v) is 15.5. The molecule has 0 saturated carbocycles. The van der Waals surface area contributed by atoms with Gasteiger partial charge in [-0.15, -0.1) is 0 Å². The number of aryl methyl sites for hydroxylation is 2. The van der Waals surface area contributed by atoms with Crippen molar-refractivity contribution in [3.8, 4) is 0 Å². The molecule has 2 aromatic heterocycles. The van der Waals surface area contributed by atoms with Crippen LogP contribution in [0, 0.1) is 28.7 Å². The lowest BCUT2D eigenvalue weighted by atomic mass is 10.1. The fourth-order valence-corrected chi connectivity index (χ4v) is 3.86. The zero-order valence-electron chi connectivity index (χ0n) is 14.7. The number of non-ortho nitro benzene ring substituents is 1. The molecule has 8 nitrogen and oxygen atoms in total. The minimum absolute atomic E-state index is 0.125. The third kappa shape index (κ3) is 2.55. The van der Waals surface area contributed by atoms with Crippen LogP contribution in [0.15, 0.2) is 24.3 Å². The van der Waals surface area contributed by atoms with Crippen molar-refractivity contribution < 1.29 is 4.92 Å². The number of nitro groups is 1. The number of aromatic nitrogens is 4. The minimum atomic E-state index is -0.356. The van der Waals surface area contributed by atoms with Crippen molar-refractivity contribution in [3.05, 3.63) is 56.1 Å². The highest BCUT2D eigenvalue weighted by Crippen LogP contribution is 2.35. The van der Waals surface area contributed by atoms with E-state index in [1.165, 1.54) is 0 Å². The van der Waals surface area contributed by atoms with Crippen molar-refractivity contribution in [3.63, 3.8) is 0 Å². The van der Waals surface area contributed by atoms with E-state index in [9.17, 15) is 10.1 Å². The van der Waals surface area contributed by atoms with Crippen LogP contribution < -0.4 is 4.90 Å². The van der Waals surface area contributed by atoms with E-state index in [4.69, 9.17) is 12.2 Å². The topological polar surface area (TPSA) is 81.5 Å². The average Bonchev–Trinajstić information content (AvgIpc) is 3.04. The molecular weight excluding hydrogens is 352 g/mol. The molecule has 0 N–H and O–H groups in total. The summed E-state index contributed by atoms with van der Waals surface area (Å²) in [6.07, 6.45) is 0.761. The van der Waals surface area contributed by atoms with Gasteiger partial charge in [0.25, 0.3) is 11.5 Å². The third-order valence-electron chi connectivity index (χ3n) is 4.79. The van der Waals surface area contributed by atoms with Crippen molar-refractivity contribution in [2.75, 3.05) is 4.90 Å². The largest absolute Gasteiger partial charge is 0.349 e. The van der Waals surface area contributed by atoms with E-state index in [1.807, 2.05) is 35.2 Å². The van der Waals surface area contributed by atoms with E-state index >= 15 is 0 Å². The van der Waals surface area contributed by atoms with Gasteiger partial charge in [-0.05, 0) is 57.1 Å². The van der Waals surface area contributed by atoms with Gasteiger partial charge < -0.3 is 4.90 Å². The molecule has 26 heavy (non-hydrogen) atoms. The Bertz CT molecular complexity index is 1100. The summed E-state index contributed by atoms with van der Waals surface area (Å²) in [5.41, 5.74) is 4.01. The molecule has 1 aromatic carbocycles. The molecule has 1 aliphatic heterocycles. The second kappa shape index (κ2) is 5.87. The van der Waals surface area contributed by atoms with Gasteiger partial charge in [0.1, 0.15) is 6.67 Å². The van der Waals surface area contributed by atoms with Crippen molar-refractivity contribution >= 4 is 29.4 Å². The first-order chi connectivity index (χ1) is 12.3. The molecule has 0 bridgehead atoms. The van der Waals surface area contributed by atoms with E-state index in [2.05, 4.69) is 21.8 Å². The molecule has 0 radical (unpaired) electrons. The molecule has 1 aliphatic rings. The number of nitro benzene ring substituents is 1. The van der Waals surface area contributed by atoms with E-state index < -0.39 is 0 Å². The SMILES string of the molecule is Cc1cc(C)n2c(n1)nc(=S)n2CN1c2ccc([N+](=O)[O-])cc2C[C@@H]1C.